The van der Waals surface area contributed by atoms with Gasteiger partial charge in [-0.1, -0.05) is 36.7 Å². The van der Waals surface area contributed by atoms with Crippen molar-refractivity contribution >= 4 is 21.7 Å². The molecule has 0 N–H and O–H groups in total. The van der Waals surface area contributed by atoms with Crippen LogP contribution in [0.25, 0.3) is 0 Å². The van der Waals surface area contributed by atoms with E-state index in [1.807, 2.05) is 20.8 Å². The Balaban J connectivity index is 2.90. The van der Waals surface area contributed by atoms with Crippen LogP contribution in [0.4, 0.5) is 4.39 Å². The van der Waals surface area contributed by atoms with Gasteiger partial charge in [0, 0.05) is 16.3 Å². The molecule has 1 aromatic carbocycles. The molecular formula is C12H14BrFO. The topological polar surface area (TPSA) is 17.1 Å². The highest BCUT2D eigenvalue weighted by atomic mass is 79.9. The summed E-state index contributed by atoms with van der Waals surface area (Å²) in [5.41, 5.74) is 0.320. The molecule has 0 unspecified atom stereocenters. The van der Waals surface area contributed by atoms with Crippen molar-refractivity contribution in [1.82, 2.24) is 0 Å². The molecule has 0 saturated heterocycles. The lowest BCUT2D eigenvalue weighted by atomic mass is 9.87. The summed E-state index contributed by atoms with van der Waals surface area (Å²) < 4.78 is 13.7. The molecule has 0 amide bonds. The molecule has 0 atom stereocenters. The van der Waals surface area contributed by atoms with Crippen LogP contribution in [0.2, 0.25) is 0 Å². The summed E-state index contributed by atoms with van der Waals surface area (Å²) in [6.07, 6.45) is 0.266. The van der Waals surface area contributed by atoms with Gasteiger partial charge < -0.3 is 0 Å². The van der Waals surface area contributed by atoms with Gasteiger partial charge in [-0.15, -0.1) is 0 Å². The molecule has 0 aliphatic heterocycles. The van der Waals surface area contributed by atoms with Crippen LogP contribution in [0.5, 0.6) is 0 Å². The van der Waals surface area contributed by atoms with Gasteiger partial charge in [-0.3, -0.25) is 4.79 Å². The third-order valence-corrected chi connectivity index (χ3v) is 2.97. The number of benzene rings is 1. The average Bonchev–Trinajstić information content (AvgIpc) is 2.09. The second-order valence-electron chi connectivity index (χ2n) is 4.59. The van der Waals surface area contributed by atoms with Crippen LogP contribution in [0.3, 0.4) is 0 Å². The minimum absolute atomic E-state index is 0.105. The lowest BCUT2D eigenvalue weighted by Gasteiger charge is -2.16. The summed E-state index contributed by atoms with van der Waals surface area (Å²) in [7, 11) is 0. The fourth-order valence-electron chi connectivity index (χ4n) is 1.12. The van der Waals surface area contributed by atoms with Crippen LogP contribution in [0.1, 0.15) is 26.3 Å². The van der Waals surface area contributed by atoms with E-state index in [0.717, 1.165) is 4.47 Å². The minimum Gasteiger partial charge on any atom is -0.299 e. The third-order valence-electron chi connectivity index (χ3n) is 2.20. The van der Waals surface area contributed by atoms with Gasteiger partial charge in [0.1, 0.15) is 11.6 Å². The van der Waals surface area contributed by atoms with Crippen LogP contribution in [0.15, 0.2) is 22.7 Å². The smallest absolute Gasteiger partial charge is 0.142 e. The summed E-state index contributed by atoms with van der Waals surface area (Å²) in [6, 6.07) is 4.39. The summed E-state index contributed by atoms with van der Waals surface area (Å²) in [5, 5.41) is 0. The van der Waals surface area contributed by atoms with E-state index in [0.29, 0.717) is 5.56 Å². The molecule has 1 rings (SSSR count). The number of hydrogen-bond donors (Lipinski definition) is 0. The Labute approximate surface area is 97.8 Å². The molecular weight excluding hydrogens is 259 g/mol. The quantitative estimate of drug-likeness (QED) is 0.802. The van der Waals surface area contributed by atoms with Crippen LogP contribution in [-0.2, 0) is 11.2 Å². The van der Waals surface area contributed by atoms with Gasteiger partial charge in [0.05, 0.1) is 0 Å². The molecule has 0 aromatic heterocycles. The van der Waals surface area contributed by atoms with E-state index in [9.17, 15) is 9.18 Å². The van der Waals surface area contributed by atoms with Crippen LogP contribution in [0, 0.1) is 11.2 Å². The van der Waals surface area contributed by atoms with E-state index in [1.165, 1.54) is 12.1 Å². The number of carbonyl (C=O) groups is 1. The van der Waals surface area contributed by atoms with Gasteiger partial charge in [0.15, 0.2) is 0 Å². The first-order valence-electron chi connectivity index (χ1n) is 4.78. The maximum atomic E-state index is 13.0. The maximum Gasteiger partial charge on any atom is 0.142 e. The molecule has 0 fully saturated rings. The van der Waals surface area contributed by atoms with Crippen LogP contribution < -0.4 is 0 Å². The molecule has 1 aromatic rings. The Morgan fingerprint density at radius 2 is 2.00 bits per heavy atom. The monoisotopic (exact) mass is 272 g/mol. The Morgan fingerprint density at radius 1 is 1.40 bits per heavy atom. The maximum absolute atomic E-state index is 13.0. The van der Waals surface area contributed by atoms with Crippen molar-refractivity contribution in [2.24, 2.45) is 5.41 Å². The normalized spacial score (nSPS) is 11.5. The molecule has 82 valence electrons. The lowest BCUT2D eigenvalue weighted by Crippen LogP contribution is -2.22. The van der Waals surface area contributed by atoms with Crippen LogP contribution >= 0.6 is 15.9 Å². The number of Topliss-reactive ketones (excluding diaryl/α,β-unsaturated/α-hetero) is 1. The summed E-state index contributed by atoms with van der Waals surface area (Å²) in [5.74, 6) is -0.205. The molecule has 1 nitrogen and oxygen atoms in total. The predicted octanol–water partition coefficient (Wildman–Crippen LogP) is 3.75. The van der Waals surface area contributed by atoms with Gasteiger partial charge in [0.2, 0.25) is 0 Å². The predicted molar refractivity (Wildman–Crippen MR) is 62.3 cm³/mol. The zero-order valence-corrected chi connectivity index (χ0v) is 10.7. The molecule has 0 aliphatic rings. The summed E-state index contributed by atoms with van der Waals surface area (Å²) in [4.78, 5) is 11.8. The fourth-order valence-corrected chi connectivity index (χ4v) is 1.50. The van der Waals surface area contributed by atoms with E-state index in [4.69, 9.17) is 0 Å². The highest BCUT2D eigenvalue weighted by Gasteiger charge is 2.22. The highest BCUT2D eigenvalue weighted by molar-refractivity contribution is 9.10. The first-order chi connectivity index (χ1) is 6.80. The Kier molecular flexibility index (Phi) is 3.66. The average molecular weight is 273 g/mol. The number of rotatable bonds is 2. The Morgan fingerprint density at radius 3 is 2.53 bits per heavy atom. The fraction of sp³-hybridized carbons (Fsp3) is 0.417. The van der Waals surface area contributed by atoms with Crippen molar-refractivity contribution < 1.29 is 9.18 Å². The van der Waals surface area contributed by atoms with E-state index in [2.05, 4.69) is 15.9 Å². The van der Waals surface area contributed by atoms with E-state index in [-0.39, 0.29) is 23.4 Å². The second kappa shape index (κ2) is 4.44. The lowest BCUT2D eigenvalue weighted by molar-refractivity contribution is -0.125. The van der Waals surface area contributed by atoms with E-state index >= 15 is 0 Å². The SMILES string of the molecule is CC(C)(C)C(=O)Cc1cc(F)ccc1Br. The number of ketones is 1. The molecule has 0 saturated carbocycles. The standard InChI is InChI=1S/C12H14BrFO/c1-12(2,3)11(15)7-8-6-9(14)4-5-10(8)13/h4-6H,7H2,1-3H3. The largest absolute Gasteiger partial charge is 0.299 e. The zero-order chi connectivity index (χ0) is 11.6. The number of hydrogen-bond acceptors (Lipinski definition) is 1. The third kappa shape index (κ3) is 3.42. The molecule has 0 spiro atoms. The highest BCUT2D eigenvalue weighted by Crippen LogP contribution is 2.23. The molecule has 15 heavy (non-hydrogen) atoms. The molecule has 0 bridgehead atoms. The van der Waals surface area contributed by atoms with Crippen molar-refractivity contribution in [2.75, 3.05) is 0 Å². The van der Waals surface area contributed by atoms with Gasteiger partial charge in [-0.05, 0) is 23.8 Å². The first-order valence-corrected chi connectivity index (χ1v) is 5.57. The van der Waals surface area contributed by atoms with Gasteiger partial charge in [-0.25, -0.2) is 4.39 Å². The zero-order valence-electron chi connectivity index (χ0n) is 9.10. The van der Waals surface area contributed by atoms with Crippen molar-refractivity contribution in [3.63, 3.8) is 0 Å². The van der Waals surface area contributed by atoms with E-state index in [1.54, 1.807) is 6.07 Å². The minimum atomic E-state index is -0.383. The molecule has 3 heteroatoms. The Bertz CT molecular complexity index is 380. The first kappa shape index (κ1) is 12.4. The van der Waals surface area contributed by atoms with Crippen molar-refractivity contribution in [2.45, 2.75) is 27.2 Å². The molecule has 0 heterocycles. The van der Waals surface area contributed by atoms with Crippen LogP contribution in [-0.4, -0.2) is 5.78 Å². The second-order valence-corrected chi connectivity index (χ2v) is 5.44. The summed E-state index contributed by atoms with van der Waals surface area (Å²) in [6.45, 7) is 5.59. The van der Waals surface area contributed by atoms with Gasteiger partial charge >= 0.3 is 0 Å². The molecule has 0 aliphatic carbocycles. The van der Waals surface area contributed by atoms with Crippen molar-refractivity contribution in [3.05, 3.63) is 34.1 Å². The number of carbonyl (C=O) groups excluding carboxylic acids is 1. The van der Waals surface area contributed by atoms with Gasteiger partial charge in [0.25, 0.3) is 0 Å². The van der Waals surface area contributed by atoms with E-state index < -0.39 is 0 Å². The van der Waals surface area contributed by atoms with Crippen molar-refractivity contribution in [1.29, 1.82) is 0 Å². The van der Waals surface area contributed by atoms with Crippen molar-refractivity contribution in [3.8, 4) is 0 Å². The number of halogens is 2. The van der Waals surface area contributed by atoms with Gasteiger partial charge in [-0.2, -0.15) is 0 Å². The molecule has 0 radical (unpaired) electrons. The summed E-state index contributed by atoms with van der Waals surface area (Å²) >= 11 is 3.31. The Hall–Kier alpha value is -0.700.